The zero-order valence-corrected chi connectivity index (χ0v) is 10.8. The van der Waals surface area contributed by atoms with Crippen molar-refractivity contribution < 1.29 is 10.0 Å². The first kappa shape index (κ1) is 13.3. The molecule has 1 aliphatic carbocycles. The number of amidine groups is 1. The number of oxime groups is 1. The van der Waals surface area contributed by atoms with Crippen molar-refractivity contribution in [2.45, 2.75) is 26.3 Å². The minimum absolute atomic E-state index is 0.0101. The summed E-state index contributed by atoms with van der Waals surface area (Å²) < 4.78 is 0. The number of nitrogens with zero attached hydrogens (tertiary/aromatic N) is 2. The van der Waals surface area contributed by atoms with Gasteiger partial charge in [-0.05, 0) is 30.9 Å². The Labute approximate surface area is 111 Å². The Morgan fingerprint density at radius 1 is 1.63 bits per heavy atom. The number of pyridine rings is 1. The molecule has 0 saturated heterocycles. The van der Waals surface area contributed by atoms with Crippen LogP contribution in [0, 0.1) is 11.3 Å². The lowest BCUT2D eigenvalue weighted by Crippen LogP contribution is -2.56. The Morgan fingerprint density at radius 3 is 2.89 bits per heavy atom. The van der Waals surface area contributed by atoms with Gasteiger partial charge in [0.15, 0.2) is 5.84 Å². The standard InChI is InChI=1S/C13H18N4O2/c1-9-6-13(7-9,11(14)17-19)12(18)16-8-10-4-2-3-5-15-10/h2-5,9,19H,6-8H2,1H3,(H2,14,17)(H,16,18). The van der Waals surface area contributed by atoms with Gasteiger partial charge >= 0.3 is 0 Å². The van der Waals surface area contributed by atoms with Crippen molar-refractivity contribution in [3.8, 4) is 0 Å². The Hall–Kier alpha value is -2.11. The van der Waals surface area contributed by atoms with Crippen LogP contribution in [0.5, 0.6) is 0 Å². The van der Waals surface area contributed by atoms with Crippen LogP contribution in [-0.4, -0.2) is 21.9 Å². The first-order valence-electron chi connectivity index (χ1n) is 6.24. The second kappa shape index (κ2) is 5.26. The van der Waals surface area contributed by atoms with Gasteiger partial charge in [-0.2, -0.15) is 0 Å². The highest BCUT2D eigenvalue weighted by atomic mass is 16.4. The van der Waals surface area contributed by atoms with Crippen molar-refractivity contribution >= 4 is 11.7 Å². The average Bonchev–Trinajstić information content (AvgIpc) is 2.41. The van der Waals surface area contributed by atoms with E-state index in [9.17, 15) is 4.79 Å². The van der Waals surface area contributed by atoms with Gasteiger partial charge < -0.3 is 16.3 Å². The van der Waals surface area contributed by atoms with E-state index >= 15 is 0 Å². The summed E-state index contributed by atoms with van der Waals surface area (Å²) in [4.78, 5) is 16.4. The highest BCUT2D eigenvalue weighted by molar-refractivity contribution is 6.07. The average molecular weight is 262 g/mol. The zero-order chi connectivity index (χ0) is 13.9. The minimum atomic E-state index is -0.858. The lowest BCUT2D eigenvalue weighted by atomic mass is 9.61. The molecule has 0 atom stereocenters. The first-order valence-corrected chi connectivity index (χ1v) is 6.24. The van der Waals surface area contributed by atoms with Crippen LogP contribution in [-0.2, 0) is 11.3 Å². The van der Waals surface area contributed by atoms with Gasteiger partial charge in [-0.3, -0.25) is 9.78 Å². The fourth-order valence-electron chi connectivity index (χ4n) is 2.58. The van der Waals surface area contributed by atoms with Crippen LogP contribution in [0.25, 0.3) is 0 Å². The van der Waals surface area contributed by atoms with E-state index in [4.69, 9.17) is 10.9 Å². The van der Waals surface area contributed by atoms with E-state index in [1.54, 1.807) is 6.20 Å². The Balaban J connectivity index is 2.02. The largest absolute Gasteiger partial charge is 0.409 e. The monoisotopic (exact) mass is 262 g/mol. The summed E-state index contributed by atoms with van der Waals surface area (Å²) in [5.74, 6) is 0.191. The summed E-state index contributed by atoms with van der Waals surface area (Å²) in [7, 11) is 0. The van der Waals surface area contributed by atoms with E-state index < -0.39 is 5.41 Å². The molecule has 102 valence electrons. The third-order valence-electron chi connectivity index (χ3n) is 3.58. The third kappa shape index (κ3) is 2.52. The molecule has 0 bridgehead atoms. The molecule has 0 aliphatic heterocycles. The number of hydrogen-bond acceptors (Lipinski definition) is 4. The van der Waals surface area contributed by atoms with Crippen molar-refractivity contribution in [1.82, 2.24) is 10.3 Å². The van der Waals surface area contributed by atoms with Gasteiger partial charge in [0, 0.05) is 6.20 Å². The molecule has 1 heterocycles. The summed E-state index contributed by atoms with van der Waals surface area (Å²) in [5.41, 5.74) is 5.59. The Morgan fingerprint density at radius 2 is 2.37 bits per heavy atom. The quantitative estimate of drug-likeness (QED) is 0.324. The van der Waals surface area contributed by atoms with Crippen molar-refractivity contribution in [2.75, 3.05) is 0 Å². The molecule has 1 fully saturated rings. The molecular weight excluding hydrogens is 244 g/mol. The highest BCUT2D eigenvalue weighted by Crippen LogP contribution is 2.45. The van der Waals surface area contributed by atoms with Gasteiger partial charge in [0.1, 0.15) is 5.41 Å². The molecule has 1 amide bonds. The maximum absolute atomic E-state index is 12.3. The maximum Gasteiger partial charge on any atom is 0.234 e. The summed E-state index contributed by atoms with van der Waals surface area (Å²) in [5, 5.41) is 14.6. The van der Waals surface area contributed by atoms with Crippen LogP contribution < -0.4 is 11.1 Å². The first-order chi connectivity index (χ1) is 9.08. The van der Waals surface area contributed by atoms with Gasteiger partial charge in [-0.25, -0.2) is 0 Å². The number of hydrogen-bond donors (Lipinski definition) is 3. The van der Waals surface area contributed by atoms with Crippen LogP contribution in [0.1, 0.15) is 25.5 Å². The molecule has 0 spiro atoms. The van der Waals surface area contributed by atoms with Gasteiger partial charge in [-0.15, -0.1) is 0 Å². The van der Waals surface area contributed by atoms with E-state index in [1.165, 1.54) is 0 Å². The van der Waals surface area contributed by atoms with Crippen LogP contribution in [0.2, 0.25) is 0 Å². The molecule has 1 saturated carbocycles. The number of amides is 1. The number of rotatable bonds is 4. The molecule has 6 heteroatoms. The summed E-state index contributed by atoms with van der Waals surface area (Å²) in [6.45, 7) is 2.38. The molecule has 19 heavy (non-hydrogen) atoms. The SMILES string of the molecule is CC1CC(C(=O)NCc2ccccn2)(/C(N)=N/O)C1. The summed E-state index contributed by atoms with van der Waals surface area (Å²) in [6.07, 6.45) is 2.89. The third-order valence-corrected chi connectivity index (χ3v) is 3.58. The lowest BCUT2D eigenvalue weighted by molar-refractivity contribution is -0.133. The molecule has 6 nitrogen and oxygen atoms in total. The van der Waals surface area contributed by atoms with Crippen molar-refractivity contribution in [2.24, 2.45) is 22.2 Å². The van der Waals surface area contributed by atoms with Gasteiger partial charge in [0.2, 0.25) is 5.91 Å². The minimum Gasteiger partial charge on any atom is -0.409 e. The van der Waals surface area contributed by atoms with E-state index in [0.29, 0.717) is 25.3 Å². The number of carbonyl (C=O) groups excluding carboxylic acids is 1. The maximum atomic E-state index is 12.3. The zero-order valence-electron chi connectivity index (χ0n) is 10.8. The van der Waals surface area contributed by atoms with Gasteiger partial charge in [0.05, 0.1) is 12.2 Å². The molecule has 0 aromatic carbocycles. The van der Waals surface area contributed by atoms with Crippen LogP contribution in [0.4, 0.5) is 0 Å². The number of nitrogens with one attached hydrogen (secondary N) is 1. The Kier molecular flexibility index (Phi) is 3.69. The Bertz CT molecular complexity index is 481. The molecule has 0 unspecified atom stereocenters. The highest BCUT2D eigenvalue weighted by Gasteiger charge is 2.52. The topological polar surface area (TPSA) is 101 Å². The number of carbonyl (C=O) groups is 1. The smallest absolute Gasteiger partial charge is 0.234 e. The van der Waals surface area contributed by atoms with Crippen molar-refractivity contribution in [3.05, 3.63) is 30.1 Å². The molecule has 1 aromatic heterocycles. The van der Waals surface area contributed by atoms with Crippen LogP contribution >= 0.6 is 0 Å². The predicted octanol–water partition coefficient (Wildman–Crippen LogP) is 0.860. The van der Waals surface area contributed by atoms with E-state index in [-0.39, 0.29) is 11.7 Å². The molecule has 1 aromatic rings. The van der Waals surface area contributed by atoms with Crippen molar-refractivity contribution in [1.29, 1.82) is 0 Å². The van der Waals surface area contributed by atoms with Crippen LogP contribution in [0.3, 0.4) is 0 Å². The molecule has 4 N–H and O–H groups in total. The number of aromatic nitrogens is 1. The normalized spacial score (nSPS) is 26.6. The summed E-state index contributed by atoms with van der Waals surface area (Å²) in [6, 6.07) is 5.51. The van der Waals surface area contributed by atoms with Gasteiger partial charge in [0.25, 0.3) is 0 Å². The van der Waals surface area contributed by atoms with Gasteiger partial charge in [-0.1, -0.05) is 18.1 Å². The predicted molar refractivity (Wildman–Crippen MR) is 70.3 cm³/mol. The summed E-state index contributed by atoms with van der Waals surface area (Å²) >= 11 is 0. The van der Waals surface area contributed by atoms with E-state index in [2.05, 4.69) is 15.5 Å². The molecular formula is C13H18N4O2. The second-order valence-electron chi connectivity index (χ2n) is 5.08. The molecule has 2 rings (SSSR count). The fraction of sp³-hybridized carbons (Fsp3) is 0.462. The van der Waals surface area contributed by atoms with E-state index in [1.807, 2.05) is 25.1 Å². The van der Waals surface area contributed by atoms with Crippen molar-refractivity contribution in [3.63, 3.8) is 0 Å². The molecule has 1 aliphatic rings. The fourth-order valence-corrected chi connectivity index (χ4v) is 2.58. The molecule has 0 radical (unpaired) electrons. The second-order valence-corrected chi connectivity index (χ2v) is 5.08. The lowest BCUT2D eigenvalue weighted by Gasteiger charge is -2.43. The number of nitrogens with two attached hydrogens (primary N) is 1. The van der Waals surface area contributed by atoms with Crippen LogP contribution in [0.15, 0.2) is 29.6 Å². The van der Waals surface area contributed by atoms with E-state index in [0.717, 1.165) is 5.69 Å².